The lowest BCUT2D eigenvalue weighted by molar-refractivity contribution is -0.126. The molecular formula is C37H45Cl2N5O2. The molecule has 1 fully saturated rings. The van der Waals surface area contributed by atoms with Crippen LogP contribution in [0.5, 0.6) is 0 Å². The first-order chi connectivity index (χ1) is 22.4. The number of rotatable bonds is 17. The number of fused-ring (bicyclic) bond motifs is 1. The topological polar surface area (TPSA) is 84.0 Å². The molecule has 2 aromatic carbocycles. The molecule has 3 heterocycles. The maximum atomic E-state index is 14.2. The third kappa shape index (κ3) is 7.78. The molecule has 1 saturated heterocycles. The fourth-order valence-electron chi connectivity index (χ4n) is 7.19. The van der Waals surface area contributed by atoms with Gasteiger partial charge in [-0.25, -0.2) is 4.68 Å². The van der Waals surface area contributed by atoms with Gasteiger partial charge in [-0.05, 0) is 54.3 Å². The fourth-order valence-corrected chi connectivity index (χ4v) is 7.71. The second-order valence-corrected chi connectivity index (χ2v) is 13.7. The Morgan fingerprint density at radius 3 is 2.20 bits per heavy atom. The maximum Gasteiger partial charge on any atom is 0.258 e. The monoisotopic (exact) mass is 661 g/mol. The Labute approximate surface area is 283 Å². The van der Waals surface area contributed by atoms with Gasteiger partial charge in [-0.15, -0.1) is 5.10 Å². The highest BCUT2D eigenvalue weighted by Gasteiger charge is 2.59. The van der Waals surface area contributed by atoms with Crippen LogP contribution in [0, 0.1) is 11.3 Å². The van der Waals surface area contributed by atoms with Gasteiger partial charge in [0.2, 0.25) is 0 Å². The number of unbranched alkanes of at least 4 members (excludes halogenated alkanes) is 10. The van der Waals surface area contributed by atoms with Crippen molar-refractivity contribution in [3.05, 3.63) is 86.9 Å². The van der Waals surface area contributed by atoms with Gasteiger partial charge in [-0.2, -0.15) is 5.26 Å². The zero-order chi connectivity index (χ0) is 32.5. The van der Waals surface area contributed by atoms with Gasteiger partial charge < -0.3 is 9.64 Å². The molecule has 1 aromatic heterocycles. The molecule has 7 nitrogen and oxygen atoms in total. The Morgan fingerprint density at radius 1 is 0.957 bits per heavy atom. The quantitative estimate of drug-likeness (QED) is 0.135. The molecular weight excluding hydrogens is 617 g/mol. The number of nitrogens with zero attached hydrogens (tertiary/aromatic N) is 5. The van der Waals surface area contributed by atoms with E-state index < -0.39 is 5.54 Å². The zero-order valence-corrected chi connectivity index (χ0v) is 28.6. The van der Waals surface area contributed by atoms with E-state index in [1.165, 1.54) is 64.2 Å². The van der Waals surface area contributed by atoms with Crippen molar-refractivity contribution in [2.45, 2.75) is 108 Å². The van der Waals surface area contributed by atoms with Gasteiger partial charge in [0.15, 0.2) is 0 Å². The molecule has 1 amide bonds. The molecule has 2 aliphatic rings. The number of methoxy groups -OCH3 is 1. The molecule has 0 aliphatic carbocycles. The van der Waals surface area contributed by atoms with Gasteiger partial charge in [-0.3, -0.25) is 4.79 Å². The zero-order valence-electron chi connectivity index (χ0n) is 27.1. The number of nitriles is 1. The predicted octanol–water partition coefficient (Wildman–Crippen LogP) is 9.14. The molecule has 0 bridgehead atoms. The number of carbonyl (C=O) groups is 1. The number of carbonyl (C=O) groups excluding carboxylic acids is 1. The third-order valence-corrected chi connectivity index (χ3v) is 9.93. The van der Waals surface area contributed by atoms with Crippen LogP contribution in [-0.4, -0.2) is 45.0 Å². The summed E-state index contributed by atoms with van der Waals surface area (Å²) in [6, 6.07) is 14.8. The standard InChI is InChI=1S/C37H45Cl2N5O2/c1-3-4-5-6-7-8-9-10-11-12-13-14-32-25-44(42-41-32)33-23-37(22-27-15-17-28(24-40)18-16-27)35(46-2)34(36(45)43(37)26-33)29-19-30(38)21-31(39)20-29/h15-21,25,33H,3-14,22-23,26H2,1-2H3/t33-,37?/m0/s1. The molecule has 9 heteroatoms. The molecule has 2 aliphatic heterocycles. The summed E-state index contributed by atoms with van der Waals surface area (Å²) < 4.78 is 8.04. The van der Waals surface area contributed by atoms with Crippen molar-refractivity contribution in [2.75, 3.05) is 13.7 Å². The minimum atomic E-state index is -0.739. The first-order valence-corrected chi connectivity index (χ1v) is 17.6. The molecule has 0 saturated carbocycles. The Bertz CT molecular complexity index is 1540. The minimum absolute atomic E-state index is 0.0597. The number of aryl methyl sites for hydroxylation is 1. The average molecular weight is 663 g/mol. The van der Waals surface area contributed by atoms with Crippen molar-refractivity contribution in [2.24, 2.45) is 0 Å². The van der Waals surface area contributed by atoms with E-state index in [0.29, 0.717) is 51.9 Å². The normalized spacial score (nSPS) is 19.2. The lowest BCUT2D eigenvalue weighted by Crippen LogP contribution is -2.45. The van der Waals surface area contributed by atoms with Crippen LogP contribution in [0.3, 0.4) is 0 Å². The van der Waals surface area contributed by atoms with E-state index in [4.69, 9.17) is 27.9 Å². The first kappa shape index (κ1) is 34.0. The van der Waals surface area contributed by atoms with E-state index in [-0.39, 0.29) is 11.9 Å². The first-order valence-electron chi connectivity index (χ1n) is 16.9. The number of hydrogen-bond donors (Lipinski definition) is 0. The highest BCUT2D eigenvalue weighted by molar-refractivity contribution is 6.35. The number of amides is 1. The summed E-state index contributed by atoms with van der Waals surface area (Å²) in [5.74, 6) is 0.483. The van der Waals surface area contributed by atoms with Crippen molar-refractivity contribution < 1.29 is 9.53 Å². The summed E-state index contributed by atoms with van der Waals surface area (Å²) in [5, 5.41) is 19.3. The number of ether oxygens (including phenoxy) is 1. The van der Waals surface area contributed by atoms with Crippen LogP contribution in [0.2, 0.25) is 10.0 Å². The molecule has 46 heavy (non-hydrogen) atoms. The number of benzene rings is 2. The Balaban J connectivity index is 1.28. The Kier molecular flexibility index (Phi) is 11.8. The number of hydrogen-bond acceptors (Lipinski definition) is 5. The van der Waals surface area contributed by atoms with E-state index in [1.54, 1.807) is 25.3 Å². The van der Waals surface area contributed by atoms with Crippen molar-refractivity contribution in [3.63, 3.8) is 0 Å². The highest BCUT2D eigenvalue weighted by Crippen LogP contribution is 2.51. The van der Waals surface area contributed by atoms with E-state index in [1.807, 2.05) is 33.8 Å². The summed E-state index contributed by atoms with van der Waals surface area (Å²) in [5.41, 5.74) is 2.97. The molecule has 5 rings (SSSR count). The van der Waals surface area contributed by atoms with Gasteiger partial charge in [0.25, 0.3) is 5.91 Å². The highest BCUT2D eigenvalue weighted by atomic mass is 35.5. The number of aromatic nitrogens is 3. The van der Waals surface area contributed by atoms with E-state index in [2.05, 4.69) is 29.5 Å². The lowest BCUT2D eigenvalue weighted by Gasteiger charge is -2.34. The van der Waals surface area contributed by atoms with Crippen LogP contribution in [-0.2, 0) is 22.4 Å². The smallest absolute Gasteiger partial charge is 0.258 e. The van der Waals surface area contributed by atoms with Crippen molar-refractivity contribution in [3.8, 4) is 6.07 Å². The lowest BCUT2D eigenvalue weighted by atomic mass is 9.85. The Hall–Kier alpha value is -3.34. The van der Waals surface area contributed by atoms with E-state index >= 15 is 0 Å². The summed E-state index contributed by atoms with van der Waals surface area (Å²) in [4.78, 5) is 16.1. The molecule has 3 aromatic rings. The Morgan fingerprint density at radius 2 is 1.59 bits per heavy atom. The van der Waals surface area contributed by atoms with Crippen LogP contribution in [0.4, 0.5) is 0 Å². The van der Waals surface area contributed by atoms with Gasteiger partial charge in [-0.1, -0.05) is 112 Å². The van der Waals surface area contributed by atoms with Crippen molar-refractivity contribution in [1.82, 2.24) is 19.9 Å². The summed E-state index contributed by atoms with van der Waals surface area (Å²) in [7, 11) is 1.62. The van der Waals surface area contributed by atoms with Gasteiger partial charge in [0.1, 0.15) is 11.3 Å². The molecule has 0 spiro atoms. The van der Waals surface area contributed by atoms with Crippen LogP contribution >= 0.6 is 23.2 Å². The molecule has 0 radical (unpaired) electrons. The van der Waals surface area contributed by atoms with Gasteiger partial charge >= 0.3 is 0 Å². The van der Waals surface area contributed by atoms with Crippen LogP contribution in [0.25, 0.3) is 5.57 Å². The third-order valence-electron chi connectivity index (χ3n) is 9.50. The van der Waals surface area contributed by atoms with Gasteiger partial charge in [0, 0.05) is 35.6 Å². The van der Waals surface area contributed by atoms with Crippen molar-refractivity contribution in [1.29, 1.82) is 5.26 Å². The van der Waals surface area contributed by atoms with Crippen LogP contribution in [0.1, 0.15) is 112 Å². The van der Waals surface area contributed by atoms with Crippen LogP contribution in [0.15, 0.2) is 54.4 Å². The second-order valence-electron chi connectivity index (χ2n) is 12.8. The maximum absolute atomic E-state index is 14.2. The van der Waals surface area contributed by atoms with Crippen molar-refractivity contribution >= 4 is 34.7 Å². The molecule has 244 valence electrons. The largest absolute Gasteiger partial charge is 0.498 e. The minimum Gasteiger partial charge on any atom is -0.498 e. The molecule has 2 atom stereocenters. The van der Waals surface area contributed by atoms with E-state index in [0.717, 1.165) is 24.1 Å². The number of halogens is 2. The van der Waals surface area contributed by atoms with Crippen LogP contribution < -0.4 is 0 Å². The SMILES string of the molecule is CCCCCCCCCCCCCc1cn([C@@H]2CN3C(=O)C(c4cc(Cl)cc(Cl)c4)=C(OC)C3(Cc3ccc(C#N)cc3)C2)nn1. The van der Waals surface area contributed by atoms with Gasteiger partial charge in [0.05, 0.1) is 36.1 Å². The fraction of sp³-hybridized carbons (Fsp3) is 0.514. The summed E-state index contributed by atoms with van der Waals surface area (Å²) in [6.45, 7) is 2.74. The van der Waals surface area contributed by atoms with E-state index in [9.17, 15) is 10.1 Å². The predicted molar refractivity (Wildman–Crippen MR) is 184 cm³/mol. The molecule has 1 unspecified atom stereocenters. The molecule has 0 N–H and O–H groups in total. The average Bonchev–Trinajstić information content (AvgIpc) is 3.72. The second kappa shape index (κ2) is 16.0. The summed E-state index contributed by atoms with van der Waals surface area (Å²) in [6.07, 6.45) is 18.5. The summed E-state index contributed by atoms with van der Waals surface area (Å²) >= 11 is 12.7.